The Kier molecular flexibility index (Phi) is 6.01. The first-order valence-electron chi connectivity index (χ1n) is 7.97. The number of imide groups is 1. The maximum absolute atomic E-state index is 13.2. The highest BCUT2D eigenvalue weighted by Crippen LogP contribution is 2.34. The van der Waals surface area contributed by atoms with Crippen LogP contribution in [0.3, 0.4) is 0 Å². The van der Waals surface area contributed by atoms with E-state index < -0.39 is 29.5 Å². The molecule has 6 nitrogen and oxygen atoms in total. The molecule has 0 spiro atoms. The molecule has 1 fully saturated rings. The van der Waals surface area contributed by atoms with Crippen LogP contribution in [0.5, 0.6) is 5.75 Å². The summed E-state index contributed by atoms with van der Waals surface area (Å²) in [7, 11) is 0. The SMILES string of the molecule is O=C(O)COc1cccc(/C=C2\SC(=O)N(Cc3ccc(F)cc3Cl)C2=O)c1. The van der Waals surface area contributed by atoms with Gasteiger partial charge in [0.15, 0.2) is 6.61 Å². The van der Waals surface area contributed by atoms with Crippen molar-refractivity contribution in [2.45, 2.75) is 6.54 Å². The fourth-order valence-corrected chi connectivity index (χ4v) is 3.51. The normalized spacial score (nSPS) is 15.4. The van der Waals surface area contributed by atoms with Gasteiger partial charge in [0.25, 0.3) is 11.1 Å². The fourth-order valence-electron chi connectivity index (χ4n) is 2.45. The molecule has 9 heteroatoms. The summed E-state index contributed by atoms with van der Waals surface area (Å²) in [5.41, 5.74) is 1.03. The van der Waals surface area contributed by atoms with E-state index in [1.54, 1.807) is 24.3 Å². The van der Waals surface area contributed by atoms with Crippen molar-refractivity contribution in [3.63, 3.8) is 0 Å². The first kappa shape index (κ1) is 19.9. The number of nitrogens with zero attached hydrogens (tertiary/aromatic N) is 1. The minimum absolute atomic E-state index is 0.0666. The molecule has 0 aliphatic carbocycles. The molecule has 0 unspecified atom stereocenters. The van der Waals surface area contributed by atoms with Gasteiger partial charge in [-0.3, -0.25) is 14.5 Å². The molecule has 28 heavy (non-hydrogen) atoms. The van der Waals surface area contributed by atoms with Crippen LogP contribution in [0.2, 0.25) is 5.02 Å². The Morgan fingerprint density at radius 3 is 2.75 bits per heavy atom. The van der Waals surface area contributed by atoms with E-state index in [4.69, 9.17) is 21.4 Å². The first-order valence-corrected chi connectivity index (χ1v) is 9.17. The second kappa shape index (κ2) is 8.45. The molecule has 0 saturated carbocycles. The molecule has 1 aliphatic heterocycles. The van der Waals surface area contributed by atoms with Crippen molar-refractivity contribution in [2.24, 2.45) is 0 Å². The topological polar surface area (TPSA) is 83.9 Å². The molecule has 1 aliphatic rings. The maximum Gasteiger partial charge on any atom is 0.341 e. The fraction of sp³-hybridized carbons (Fsp3) is 0.105. The van der Waals surface area contributed by atoms with Crippen LogP contribution in [-0.4, -0.2) is 33.7 Å². The lowest BCUT2D eigenvalue weighted by molar-refractivity contribution is -0.139. The zero-order valence-electron chi connectivity index (χ0n) is 14.2. The van der Waals surface area contributed by atoms with Crippen molar-refractivity contribution in [1.82, 2.24) is 4.90 Å². The minimum Gasteiger partial charge on any atom is -0.482 e. The highest BCUT2D eigenvalue weighted by atomic mass is 35.5. The van der Waals surface area contributed by atoms with Gasteiger partial charge in [0.2, 0.25) is 0 Å². The number of thioether (sulfide) groups is 1. The Morgan fingerprint density at radius 1 is 1.25 bits per heavy atom. The number of benzene rings is 2. The summed E-state index contributed by atoms with van der Waals surface area (Å²) >= 11 is 6.75. The average molecular weight is 422 g/mol. The van der Waals surface area contributed by atoms with Gasteiger partial charge in [-0.15, -0.1) is 0 Å². The lowest BCUT2D eigenvalue weighted by Gasteiger charge is -2.13. The van der Waals surface area contributed by atoms with Crippen molar-refractivity contribution in [1.29, 1.82) is 0 Å². The number of aliphatic carboxylic acids is 1. The third kappa shape index (κ3) is 4.71. The standard InChI is InChI=1S/C19H13ClFNO5S/c20-15-8-13(21)5-4-12(15)9-22-18(25)16(28-19(22)26)7-11-2-1-3-14(6-11)27-10-17(23)24/h1-8H,9-10H2,(H,23,24)/b16-7-. The number of hydrogen-bond donors (Lipinski definition) is 1. The van der Waals surface area contributed by atoms with Crippen LogP contribution in [0.25, 0.3) is 6.08 Å². The largest absolute Gasteiger partial charge is 0.482 e. The van der Waals surface area contributed by atoms with E-state index >= 15 is 0 Å². The molecular weight excluding hydrogens is 409 g/mol. The number of hydrogen-bond acceptors (Lipinski definition) is 5. The predicted octanol–water partition coefficient (Wildman–Crippen LogP) is 4.18. The van der Waals surface area contributed by atoms with E-state index in [9.17, 15) is 18.8 Å². The summed E-state index contributed by atoms with van der Waals surface area (Å²) < 4.78 is 18.3. The number of ether oxygens (including phenoxy) is 1. The number of halogens is 2. The molecule has 0 aromatic heterocycles. The van der Waals surface area contributed by atoms with Crippen LogP contribution in [0, 0.1) is 5.82 Å². The van der Waals surface area contributed by atoms with Gasteiger partial charge in [-0.1, -0.05) is 29.8 Å². The zero-order valence-corrected chi connectivity index (χ0v) is 15.8. The van der Waals surface area contributed by atoms with Gasteiger partial charge in [-0.2, -0.15) is 0 Å². The summed E-state index contributed by atoms with van der Waals surface area (Å²) in [6.07, 6.45) is 1.52. The highest BCUT2D eigenvalue weighted by molar-refractivity contribution is 8.18. The van der Waals surface area contributed by atoms with Crippen LogP contribution in [-0.2, 0) is 16.1 Å². The third-order valence-electron chi connectivity index (χ3n) is 3.74. The smallest absolute Gasteiger partial charge is 0.341 e. The first-order chi connectivity index (χ1) is 13.3. The monoisotopic (exact) mass is 421 g/mol. The van der Waals surface area contributed by atoms with Gasteiger partial charge in [0, 0.05) is 5.02 Å². The van der Waals surface area contributed by atoms with E-state index in [0.29, 0.717) is 16.9 Å². The molecule has 2 aromatic rings. The Hall–Kier alpha value is -2.84. The van der Waals surface area contributed by atoms with E-state index in [1.165, 1.54) is 18.2 Å². The molecule has 144 valence electrons. The number of amides is 2. The lowest BCUT2D eigenvalue weighted by atomic mass is 10.2. The Labute approximate surface area is 168 Å². The van der Waals surface area contributed by atoms with Gasteiger partial charge in [-0.05, 0) is 53.2 Å². The van der Waals surface area contributed by atoms with Crippen LogP contribution in [0.15, 0.2) is 47.4 Å². The van der Waals surface area contributed by atoms with Crippen LogP contribution in [0.4, 0.5) is 9.18 Å². The second-order valence-electron chi connectivity index (χ2n) is 5.76. The van der Waals surface area contributed by atoms with E-state index in [0.717, 1.165) is 22.7 Å². The number of carbonyl (C=O) groups is 3. The van der Waals surface area contributed by atoms with E-state index in [2.05, 4.69) is 0 Å². The van der Waals surface area contributed by atoms with Gasteiger partial charge in [0.05, 0.1) is 11.4 Å². The summed E-state index contributed by atoms with van der Waals surface area (Å²) in [6.45, 7) is -0.554. The average Bonchev–Trinajstić information content (AvgIpc) is 2.90. The van der Waals surface area contributed by atoms with Gasteiger partial charge >= 0.3 is 5.97 Å². The molecule has 0 atom stereocenters. The van der Waals surface area contributed by atoms with Gasteiger partial charge in [0.1, 0.15) is 11.6 Å². The molecule has 1 N–H and O–H groups in total. The van der Waals surface area contributed by atoms with Crippen molar-refractivity contribution in [2.75, 3.05) is 6.61 Å². The molecule has 0 radical (unpaired) electrons. The molecule has 2 aromatic carbocycles. The van der Waals surface area contributed by atoms with Crippen LogP contribution in [0.1, 0.15) is 11.1 Å². The molecule has 0 bridgehead atoms. The van der Waals surface area contributed by atoms with E-state index in [-0.39, 0.29) is 16.5 Å². The number of carboxylic acids is 1. The minimum atomic E-state index is -1.11. The Bertz CT molecular complexity index is 994. The highest BCUT2D eigenvalue weighted by Gasteiger charge is 2.35. The van der Waals surface area contributed by atoms with Crippen molar-refractivity contribution < 1.29 is 28.6 Å². The van der Waals surface area contributed by atoms with Crippen molar-refractivity contribution in [3.8, 4) is 5.75 Å². The van der Waals surface area contributed by atoms with E-state index in [1.807, 2.05) is 0 Å². The van der Waals surface area contributed by atoms with Gasteiger partial charge < -0.3 is 9.84 Å². The summed E-state index contributed by atoms with van der Waals surface area (Å²) in [5.74, 6) is -1.78. The quantitative estimate of drug-likeness (QED) is 0.704. The molecule has 1 heterocycles. The van der Waals surface area contributed by atoms with Crippen LogP contribution >= 0.6 is 23.4 Å². The summed E-state index contributed by atoms with van der Waals surface area (Å²) in [5, 5.41) is 8.33. The molecular formula is C19H13ClFNO5S. The van der Waals surface area contributed by atoms with Crippen molar-refractivity contribution >= 4 is 46.6 Å². The Morgan fingerprint density at radius 2 is 2.04 bits per heavy atom. The molecule has 2 amide bonds. The lowest BCUT2D eigenvalue weighted by Crippen LogP contribution is -2.27. The molecule has 3 rings (SSSR count). The summed E-state index contributed by atoms with van der Waals surface area (Å²) in [4.78, 5) is 36.6. The number of carboxylic acid groups (broad SMARTS) is 1. The number of carbonyl (C=O) groups excluding carboxylic acids is 2. The maximum atomic E-state index is 13.2. The Balaban J connectivity index is 1.77. The number of rotatable bonds is 6. The van der Waals surface area contributed by atoms with Crippen molar-refractivity contribution in [3.05, 3.63) is 69.3 Å². The summed E-state index contributed by atoms with van der Waals surface area (Å²) in [6, 6.07) is 10.2. The zero-order chi connectivity index (χ0) is 20.3. The molecule has 1 saturated heterocycles. The third-order valence-corrected chi connectivity index (χ3v) is 4.99. The predicted molar refractivity (Wildman–Crippen MR) is 102 cm³/mol. The van der Waals surface area contributed by atoms with Gasteiger partial charge in [-0.25, -0.2) is 9.18 Å². The van der Waals surface area contributed by atoms with Crippen LogP contribution < -0.4 is 4.74 Å². The second-order valence-corrected chi connectivity index (χ2v) is 7.16.